The van der Waals surface area contributed by atoms with E-state index in [1.54, 1.807) is 6.20 Å². The maximum Gasteiger partial charge on any atom is 0.513 e. The Kier molecular flexibility index (Phi) is 3.05. The molecule has 106 valence electrons. The first-order valence-corrected chi connectivity index (χ1v) is 7.48. The van der Waals surface area contributed by atoms with Crippen LogP contribution in [0.1, 0.15) is 27.7 Å². The Morgan fingerprint density at radius 1 is 1.20 bits per heavy atom. The van der Waals surface area contributed by atoms with Crippen molar-refractivity contribution in [1.29, 1.82) is 0 Å². The van der Waals surface area contributed by atoms with Crippen molar-refractivity contribution < 1.29 is 9.31 Å². The fraction of sp³-hybridized carbons (Fsp3) is 0.500. The van der Waals surface area contributed by atoms with Crippen LogP contribution in [-0.2, 0) is 16.4 Å². The normalized spacial score (nSPS) is 20.8. The average Bonchev–Trinajstić information content (AvgIpc) is 2.72. The molecule has 3 heterocycles. The topological polar surface area (TPSA) is 36.3 Å². The summed E-state index contributed by atoms with van der Waals surface area (Å²) in [7, 11) is 1.59. The first-order valence-electron chi connectivity index (χ1n) is 6.69. The monoisotopic (exact) mass is 336 g/mol. The van der Waals surface area contributed by atoms with Gasteiger partial charge in [-0.05, 0) is 55.8 Å². The average molecular weight is 337 g/mol. The highest BCUT2D eigenvalue weighted by Gasteiger charge is 2.53. The van der Waals surface area contributed by atoms with E-state index in [9.17, 15) is 0 Å². The van der Waals surface area contributed by atoms with Gasteiger partial charge >= 0.3 is 7.12 Å². The van der Waals surface area contributed by atoms with Gasteiger partial charge in [-0.25, -0.2) is 4.98 Å². The molecule has 0 aromatic carbocycles. The number of fused-ring (bicyclic) bond motifs is 1. The second-order valence-electron chi connectivity index (χ2n) is 6.22. The van der Waals surface area contributed by atoms with Gasteiger partial charge in [-0.2, -0.15) is 0 Å². The van der Waals surface area contributed by atoms with Crippen molar-refractivity contribution in [2.75, 3.05) is 0 Å². The van der Waals surface area contributed by atoms with Crippen LogP contribution in [0.25, 0.3) is 11.0 Å². The van der Waals surface area contributed by atoms with Gasteiger partial charge in [0.05, 0.1) is 16.8 Å². The largest absolute Gasteiger partial charge is 0.513 e. The zero-order chi connectivity index (χ0) is 14.7. The van der Waals surface area contributed by atoms with Gasteiger partial charge in [0.25, 0.3) is 0 Å². The van der Waals surface area contributed by atoms with Gasteiger partial charge in [0.15, 0.2) is 0 Å². The zero-order valence-electron chi connectivity index (χ0n) is 12.4. The van der Waals surface area contributed by atoms with Crippen molar-refractivity contribution in [1.82, 2.24) is 9.55 Å². The van der Waals surface area contributed by atoms with E-state index in [0.717, 1.165) is 21.1 Å². The third-order valence-corrected chi connectivity index (χ3v) is 5.24. The summed E-state index contributed by atoms with van der Waals surface area (Å²) in [6.45, 7) is 8.23. The van der Waals surface area contributed by atoms with Gasteiger partial charge in [0.2, 0.25) is 0 Å². The molecule has 6 heteroatoms. The second-order valence-corrected chi connectivity index (χ2v) is 7.01. The first-order chi connectivity index (χ1) is 9.24. The van der Waals surface area contributed by atoms with E-state index < -0.39 is 7.12 Å². The Morgan fingerprint density at radius 2 is 1.80 bits per heavy atom. The quantitative estimate of drug-likeness (QED) is 0.751. The lowest BCUT2D eigenvalue weighted by Crippen LogP contribution is -2.41. The molecule has 2 aromatic rings. The van der Waals surface area contributed by atoms with Gasteiger partial charge in [-0.1, -0.05) is 0 Å². The van der Waals surface area contributed by atoms with Crippen LogP contribution < -0.4 is 5.59 Å². The number of nitrogens with zero attached hydrogens (tertiary/aromatic N) is 2. The minimum atomic E-state index is -0.395. The van der Waals surface area contributed by atoms with Crippen molar-refractivity contribution in [2.24, 2.45) is 7.05 Å². The number of rotatable bonds is 1. The molecule has 0 unspecified atom stereocenters. The van der Waals surface area contributed by atoms with E-state index in [-0.39, 0.29) is 11.2 Å². The Bertz CT molecular complexity index is 626. The van der Waals surface area contributed by atoms with Crippen LogP contribution in [0.3, 0.4) is 0 Å². The Labute approximate surface area is 127 Å². The van der Waals surface area contributed by atoms with Crippen molar-refractivity contribution >= 4 is 39.7 Å². The molecule has 0 spiro atoms. The molecule has 1 fully saturated rings. The number of hydrogen-bond donors (Lipinski definition) is 0. The van der Waals surface area contributed by atoms with Gasteiger partial charge in [0.1, 0.15) is 5.65 Å². The summed E-state index contributed by atoms with van der Waals surface area (Å²) in [5, 5.41) is 1.07. The van der Waals surface area contributed by atoms with Gasteiger partial charge in [0, 0.05) is 23.1 Å². The van der Waals surface area contributed by atoms with Crippen molar-refractivity contribution in [2.45, 2.75) is 38.9 Å². The van der Waals surface area contributed by atoms with E-state index in [0.29, 0.717) is 0 Å². The maximum absolute atomic E-state index is 6.14. The molecule has 1 aliphatic rings. The minimum Gasteiger partial charge on any atom is -0.398 e. The van der Waals surface area contributed by atoms with Gasteiger partial charge in [-0.3, -0.25) is 0 Å². The molecular weight excluding hydrogens is 319 g/mol. The summed E-state index contributed by atoms with van der Waals surface area (Å²) in [6, 6.07) is 3.97. The van der Waals surface area contributed by atoms with Crippen molar-refractivity contribution in [3.63, 3.8) is 0 Å². The smallest absolute Gasteiger partial charge is 0.398 e. The molecule has 4 nitrogen and oxygen atoms in total. The first kappa shape index (κ1) is 14.1. The van der Waals surface area contributed by atoms with Crippen LogP contribution in [0.4, 0.5) is 0 Å². The summed E-state index contributed by atoms with van der Waals surface area (Å²) < 4.78 is 15.3. The van der Waals surface area contributed by atoms with E-state index >= 15 is 0 Å². The third kappa shape index (κ3) is 1.85. The molecule has 1 saturated heterocycles. The molecule has 1 aliphatic heterocycles. The van der Waals surface area contributed by atoms with E-state index in [1.807, 2.05) is 23.7 Å². The van der Waals surface area contributed by atoms with E-state index in [4.69, 9.17) is 9.31 Å². The Balaban J connectivity index is 2.13. The molecular formula is C14H18BBrN2O2. The SMILES string of the molecule is Cn1c(B2OC(C)(C)C(C)(C)O2)c(Br)c2cccnc21. The highest BCUT2D eigenvalue weighted by Crippen LogP contribution is 2.37. The lowest BCUT2D eigenvalue weighted by atomic mass is 9.84. The number of aryl methyl sites for hydroxylation is 1. The molecule has 0 N–H and O–H groups in total. The van der Waals surface area contributed by atoms with Crippen LogP contribution in [0.15, 0.2) is 22.8 Å². The molecule has 0 atom stereocenters. The predicted molar refractivity (Wildman–Crippen MR) is 84.1 cm³/mol. The molecule has 3 rings (SSSR count). The fourth-order valence-electron chi connectivity index (χ4n) is 2.45. The summed E-state index contributed by atoms with van der Waals surface area (Å²) in [4.78, 5) is 4.43. The molecule has 0 aliphatic carbocycles. The molecule has 0 saturated carbocycles. The highest BCUT2D eigenvalue weighted by atomic mass is 79.9. The molecule has 0 amide bonds. The summed E-state index contributed by atoms with van der Waals surface area (Å²) in [5.74, 6) is 0. The fourth-order valence-corrected chi connectivity index (χ4v) is 3.21. The molecule has 2 aromatic heterocycles. The second kappa shape index (κ2) is 4.32. The number of pyridine rings is 1. The zero-order valence-corrected chi connectivity index (χ0v) is 14.0. The van der Waals surface area contributed by atoms with Crippen LogP contribution in [0.5, 0.6) is 0 Å². The summed E-state index contributed by atoms with van der Waals surface area (Å²) in [6.07, 6.45) is 1.79. The lowest BCUT2D eigenvalue weighted by molar-refractivity contribution is 0.00578. The summed E-state index contributed by atoms with van der Waals surface area (Å²) >= 11 is 3.67. The van der Waals surface area contributed by atoms with Gasteiger partial charge in [-0.15, -0.1) is 0 Å². The number of halogens is 1. The van der Waals surface area contributed by atoms with E-state index in [2.05, 4.69) is 48.6 Å². The van der Waals surface area contributed by atoms with Crippen molar-refractivity contribution in [3.05, 3.63) is 22.8 Å². The van der Waals surface area contributed by atoms with Crippen LogP contribution >= 0.6 is 15.9 Å². The third-order valence-electron chi connectivity index (χ3n) is 4.40. The van der Waals surface area contributed by atoms with E-state index in [1.165, 1.54) is 0 Å². The predicted octanol–water partition coefficient (Wildman–Crippen LogP) is 2.64. The van der Waals surface area contributed by atoms with Crippen LogP contribution in [0, 0.1) is 0 Å². The number of hydrogen-bond acceptors (Lipinski definition) is 3. The Hall–Kier alpha value is -0.845. The van der Waals surface area contributed by atoms with Crippen molar-refractivity contribution in [3.8, 4) is 0 Å². The van der Waals surface area contributed by atoms with Crippen LogP contribution in [0.2, 0.25) is 0 Å². The number of aromatic nitrogens is 2. The summed E-state index contributed by atoms with van der Waals surface area (Å²) in [5.41, 5.74) is 1.20. The Morgan fingerprint density at radius 3 is 2.35 bits per heavy atom. The lowest BCUT2D eigenvalue weighted by Gasteiger charge is -2.32. The maximum atomic E-state index is 6.14. The molecule has 20 heavy (non-hydrogen) atoms. The highest BCUT2D eigenvalue weighted by molar-refractivity contribution is 9.10. The minimum absolute atomic E-state index is 0.346. The van der Waals surface area contributed by atoms with Gasteiger partial charge < -0.3 is 13.9 Å². The molecule has 0 radical (unpaired) electrons. The molecule has 0 bridgehead atoms. The van der Waals surface area contributed by atoms with Crippen LogP contribution in [-0.4, -0.2) is 27.9 Å². The standard InChI is InChI=1S/C14H18BBrN2O2/c1-13(2)14(3,4)20-15(19-13)11-10(16)9-7-6-8-17-12(9)18(11)5/h6-8H,1-5H3.